The van der Waals surface area contributed by atoms with E-state index in [9.17, 15) is 9.59 Å². The van der Waals surface area contributed by atoms with Gasteiger partial charge in [0.1, 0.15) is 11.8 Å². The smallest absolute Gasteiger partial charge is 0.245 e. The van der Waals surface area contributed by atoms with Crippen LogP contribution < -0.4 is 10.1 Å². The molecule has 4 aromatic rings. The lowest BCUT2D eigenvalue weighted by Gasteiger charge is -2.39. The molecule has 2 amide bonds. The molecule has 2 atom stereocenters. The maximum absolute atomic E-state index is 14.0. The number of carbonyl (C=O) groups excluding carboxylic acids is 2. The van der Waals surface area contributed by atoms with Crippen LogP contribution in [0.4, 0.5) is 0 Å². The van der Waals surface area contributed by atoms with Crippen LogP contribution in [0.15, 0.2) is 85.1 Å². The molecule has 1 aliphatic heterocycles. The summed E-state index contributed by atoms with van der Waals surface area (Å²) in [7, 11) is 3.43. The van der Waals surface area contributed by atoms with Gasteiger partial charge in [0.05, 0.1) is 13.2 Å². The number of fused-ring (bicyclic) bond motifs is 1. The Kier molecular flexibility index (Phi) is 7.75. The standard InChI is InChI=1S/C31H34N4O3/c1-34(21-23-12-6-9-15-29(23)38-2)31(37)28(18-22-10-4-3-5-11-22)35-17-16-32-27(30(35)36)19-24-20-33-26-14-8-7-13-25(24)26/h3-15,20,27-28,32-33H,16-19,21H2,1-2H3/t27-,28+/m1/s1. The fourth-order valence-electron chi connectivity index (χ4n) is 5.34. The van der Waals surface area contributed by atoms with Crippen LogP contribution in [0.25, 0.3) is 10.9 Å². The Bertz CT molecular complexity index is 1400. The molecule has 1 fully saturated rings. The summed E-state index contributed by atoms with van der Waals surface area (Å²) >= 11 is 0. The fraction of sp³-hybridized carbons (Fsp3) is 0.290. The molecule has 2 N–H and O–H groups in total. The molecule has 38 heavy (non-hydrogen) atoms. The van der Waals surface area contributed by atoms with Gasteiger partial charge in [0.25, 0.3) is 0 Å². The third-order valence-electron chi connectivity index (χ3n) is 7.33. The number of para-hydroxylation sites is 2. The fourth-order valence-corrected chi connectivity index (χ4v) is 5.34. The molecule has 2 heterocycles. The zero-order valence-electron chi connectivity index (χ0n) is 21.9. The van der Waals surface area contributed by atoms with Crippen molar-refractivity contribution in [2.24, 2.45) is 0 Å². The molecule has 1 saturated heterocycles. The van der Waals surface area contributed by atoms with E-state index in [-0.39, 0.29) is 11.8 Å². The van der Waals surface area contributed by atoms with Gasteiger partial charge in [-0.25, -0.2) is 0 Å². The highest BCUT2D eigenvalue weighted by Gasteiger charge is 2.38. The Morgan fingerprint density at radius 1 is 1.03 bits per heavy atom. The largest absolute Gasteiger partial charge is 0.496 e. The van der Waals surface area contributed by atoms with Gasteiger partial charge in [0.15, 0.2) is 0 Å². The molecule has 1 aromatic heterocycles. The number of H-pyrrole nitrogens is 1. The van der Waals surface area contributed by atoms with Gasteiger partial charge in [-0.15, -0.1) is 0 Å². The summed E-state index contributed by atoms with van der Waals surface area (Å²) in [5.74, 6) is 0.617. The van der Waals surface area contributed by atoms with Crippen molar-refractivity contribution in [1.82, 2.24) is 20.1 Å². The van der Waals surface area contributed by atoms with Gasteiger partial charge in [-0.3, -0.25) is 9.59 Å². The molecule has 0 saturated carbocycles. The van der Waals surface area contributed by atoms with Crippen molar-refractivity contribution in [3.8, 4) is 5.75 Å². The van der Waals surface area contributed by atoms with E-state index in [1.165, 1.54) is 0 Å². The highest BCUT2D eigenvalue weighted by molar-refractivity contribution is 5.91. The maximum atomic E-state index is 14.0. The minimum absolute atomic E-state index is 0.0403. The summed E-state index contributed by atoms with van der Waals surface area (Å²) in [6.07, 6.45) is 3.00. The van der Waals surface area contributed by atoms with Crippen molar-refractivity contribution in [3.05, 3.63) is 102 Å². The normalized spacial score (nSPS) is 16.4. The molecule has 7 nitrogen and oxygen atoms in total. The monoisotopic (exact) mass is 510 g/mol. The maximum Gasteiger partial charge on any atom is 0.245 e. The number of likely N-dealkylation sites (N-methyl/N-ethyl adjacent to an activating group) is 1. The zero-order chi connectivity index (χ0) is 26.5. The predicted molar refractivity (Wildman–Crippen MR) is 149 cm³/mol. The van der Waals surface area contributed by atoms with E-state index in [2.05, 4.69) is 16.4 Å². The summed E-state index contributed by atoms with van der Waals surface area (Å²) in [4.78, 5) is 34.6. The second-order valence-electron chi connectivity index (χ2n) is 9.81. The first-order valence-electron chi connectivity index (χ1n) is 13.0. The Balaban J connectivity index is 1.39. The number of aromatic nitrogens is 1. The zero-order valence-corrected chi connectivity index (χ0v) is 21.9. The van der Waals surface area contributed by atoms with Gasteiger partial charge >= 0.3 is 0 Å². The number of benzene rings is 3. The first-order chi connectivity index (χ1) is 18.5. The first-order valence-corrected chi connectivity index (χ1v) is 13.0. The van der Waals surface area contributed by atoms with Crippen LogP contribution in [-0.4, -0.2) is 65.9 Å². The lowest BCUT2D eigenvalue weighted by molar-refractivity contribution is -0.148. The summed E-state index contributed by atoms with van der Waals surface area (Å²) < 4.78 is 5.50. The number of aromatic amines is 1. The van der Waals surface area contributed by atoms with E-state index in [0.717, 1.165) is 33.3 Å². The summed E-state index contributed by atoms with van der Waals surface area (Å²) in [6, 6.07) is 24.7. The van der Waals surface area contributed by atoms with Crippen molar-refractivity contribution in [1.29, 1.82) is 0 Å². The van der Waals surface area contributed by atoms with Crippen LogP contribution in [-0.2, 0) is 29.0 Å². The molecule has 0 unspecified atom stereocenters. The number of carbonyl (C=O) groups is 2. The minimum atomic E-state index is -0.600. The quantitative estimate of drug-likeness (QED) is 0.359. The number of hydrogen-bond donors (Lipinski definition) is 2. The van der Waals surface area contributed by atoms with Crippen molar-refractivity contribution in [3.63, 3.8) is 0 Å². The highest BCUT2D eigenvalue weighted by Crippen LogP contribution is 2.23. The van der Waals surface area contributed by atoms with Crippen molar-refractivity contribution in [2.45, 2.75) is 31.5 Å². The Labute approximate surface area is 223 Å². The highest BCUT2D eigenvalue weighted by atomic mass is 16.5. The van der Waals surface area contributed by atoms with Gasteiger partial charge in [-0.1, -0.05) is 66.7 Å². The number of nitrogens with zero attached hydrogens (tertiary/aromatic N) is 2. The van der Waals surface area contributed by atoms with Gasteiger partial charge in [-0.05, 0) is 29.7 Å². The average Bonchev–Trinajstić information content (AvgIpc) is 3.36. The Morgan fingerprint density at radius 3 is 2.58 bits per heavy atom. The molecule has 0 aliphatic carbocycles. The van der Waals surface area contributed by atoms with Crippen LogP contribution in [0.2, 0.25) is 0 Å². The number of piperazine rings is 1. The van der Waals surface area contributed by atoms with Gasteiger partial charge in [0, 0.05) is 55.8 Å². The molecule has 0 radical (unpaired) electrons. The van der Waals surface area contributed by atoms with E-state index in [1.807, 2.05) is 79.0 Å². The topological polar surface area (TPSA) is 77.7 Å². The number of amides is 2. The van der Waals surface area contributed by atoms with Crippen molar-refractivity contribution < 1.29 is 14.3 Å². The van der Waals surface area contributed by atoms with E-state index in [4.69, 9.17) is 4.74 Å². The van der Waals surface area contributed by atoms with Crippen LogP contribution in [0.5, 0.6) is 5.75 Å². The SMILES string of the molecule is COc1ccccc1CN(C)C(=O)[C@H](Cc1ccccc1)N1CCN[C@H](Cc2c[nH]c3ccccc23)C1=O. The third-order valence-corrected chi connectivity index (χ3v) is 7.33. The summed E-state index contributed by atoms with van der Waals surface area (Å²) in [6.45, 7) is 1.51. The van der Waals surface area contributed by atoms with Crippen LogP contribution in [0, 0.1) is 0 Å². The average molecular weight is 511 g/mol. The number of hydrogen-bond acceptors (Lipinski definition) is 4. The van der Waals surface area contributed by atoms with Gasteiger partial charge < -0.3 is 24.8 Å². The van der Waals surface area contributed by atoms with E-state index in [1.54, 1.807) is 24.0 Å². The van der Waals surface area contributed by atoms with E-state index < -0.39 is 12.1 Å². The van der Waals surface area contributed by atoms with E-state index >= 15 is 0 Å². The van der Waals surface area contributed by atoms with Gasteiger partial charge in [0.2, 0.25) is 11.8 Å². The molecule has 0 spiro atoms. The lowest BCUT2D eigenvalue weighted by Crippen LogP contribution is -2.62. The molecule has 1 aliphatic rings. The second-order valence-corrected chi connectivity index (χ2v) is 9.81. The predicted octanol–water partition coefficient (Wildman–Crippen LogP) is 3.79. The molecular formula is C31H34N4O3. The molecule has 3 aromatic carbocycles. The molecule has 196 valence electrons. The molecule has 0 bridgehead atoms. The van der Waals surface area contributed by atoms with E-state index in [0.29, 0.717) is 32.5 Å². The molecule has 5 rings (SSSR count). The van der Waals surface area contributed by atoms with Crippen LogP contribution in [0.3, 0.4) is 0 Å². The van der Waals surface area contributed by atoms with Gasteiger partial charge in [-0.2, -0.15) is 0 Å². The number of rotatable bonds is 9. The number of ether oxygens (including phenoxy) is 1. The third kappa shape index (κ3) is 5.43. The second kappa shape index (κ2) is 11.5. The Morgan fingerprint density at radius 2 is 1.76 bits per heavy atom. The molecular weight excluding hydrogens is 476 g/mol. The molecule has 7 heteroatoms. The summed E-state index contributed by atoms with van der Waals surface area (Å²) in [5.41, 5.74) is 4.09. The van der Waals surface area contributed by atoms with Crippen molar-refractivity contribution >= 4 is 22.7 Å². The Hall–Kier alpha value is -4.10. The van der Waals surface area contributed by atoms with Crippen LogP contribution >= 0.6 is 0 Å². The summed E-state index contributed by atoms with van der Waals surface area (Å²) in [5, 5.41) is 4.52. The van der Waals surface area contributed by atoms with Crippen LogP contribution in [0.1, 0.15) is 16.7 Å². The minimum Gasteiger partial charge on any atom is -0.496 e. The first kappa shape index (κ1) is 25.5. The number of nitrogens with one attached hydrogen (secondary N) is 2. The van der Waals surface area contributed by atoms with Crippen molar-refractivity contribution in [2.75, 3.05) is 27.2 Å². The number of methoxy groups -OCH3 is 1. The lowest BCUT2D eigenvalue weighted by atomic mass is 9.98.